The van der Waals surface area contributed by atoms with E-state index in [0.717, 1.165) is 22.6 Å². The van der Waals surface area contributed by atoms with Gasteiger partial charge in [-0.1, -0.05) is 72.8 Å². The molecule has 0 aromatic heterocycles. The van der Waals surface area contributed by atoms with E-state index < -0.39 is 0 Å². The van der Waals surface area contributed by atoms with Gasteiger partial charge in [-0.15, -0.1) is 0 Å². The predicted octanol–water partition coefficient (Wildman–Crippen LogP) is 5.80. The molecule has 0 aliphatic heterocycles. The van der Waals surface area contributed by atoms with Gasteiger partial charge in [-0.3, -0.25) is 4.79 Å². The molecule has 0 fully saturated rings. The van der Waals surface area contributed by atoms with Crippen molar-refractivity contribution in [2.24, 2.45) is 0 Å². The Morgan fingerprint density at radius 3 is 1.97 bits per heavy atom. The van der Waals surface area contributed by atoms with Crippen molar-refractivity contribution in [1.29, 1.82) is 0 Å². The van der Waals surface area contributed by atoms with Crippen LogP contribution in [0.25, 0.3) is 0 Å². The Kier molecular flexibility index (Phi) is 6.58. The molecule has 31 heavy (non-hydrogen) atoms. The molecule has 0 unspecified atom stereocenters. The van der Waals surface area contributed by atoms with E-state index in [1.54, 1.807) is 12.1 Å². The van der Waals surface area contributed by atoms with Gasteiger partial charge in [0, 0.05) is 17.8 Å². The lowest BCUT2D eigenvalue weighted by Crippen LogP contribution is -2.23. The summed E-state index contributed by atoms with van der Waals surface area (Å²) in [7, 11) is 0. The van der Waals surface area contributed by atoms with Crippen molar-refractivity contribution >= 4 is 28.7 Å². The van der Waals surface area contributed by atoms with Crippen molar-refractivity contribution in [3.63, 3.8) is 0 Å². The Labute approximate surface area is 182 Å². The summed E-state index contributed by atoms with van der Waals surface area (Å²) in [6.45, 7) is 0.642. The first-order valence-corrected chi connectivity index (χ1v) is 10.1. The van der Waals surface area contributed by atoms with Gasteiger partial charge in [0.25, 0.3) is 5.91 Å². The van der Waals surface area contributed by atoms with E-state index in [2.05, 4.69) is 33.6 Å². The van der Waals surface area contributed by atoms with Crippen LogP contribution in [0.1, 0.15) is 15.9 Å². The molecule has 4 aromatic rings. The lowest BCUT2D eigenvalue weighted by Gasteiger charge is -2.19. The highest BCUT2D eigenvalue weighted by Crippen LogP contribution is 2.33. The maximum atomic E-state index is 12.9. The summed E-state index contributed by atoms with van der Waals surface area (Å²) in [5, 5.41) is 6.46. The van der Waals surface area contributed by atoms with E-state index in [4.69, 9.17) is 0 Å². The van der Waals surface area contributed by atoms with Gasteiger partial charge in [0.2, 0.25) is 0 Å². The van der Waals surface area contributed by atoms with Crippen molar-refractivity contribution in [3.05, 3.63) is 120 Å². The van der Waals surface area contributed by atoms with Crippen LogP contribution >= 0.6 is 0 Å². The van der Waals surface area contributed by atoms with Gasteiger partial charge in [0.05, 0.1) is 17.1 Å². The molecule has 4 aromatic carbocycles. The number of para-hydroxylation sites is 2. The summed E-state index contributed by atoms with van der Waals surface area (Å²) in [4.78, 5) is 12.9. The van der Waals surface area contributed by atoms with E-state index in [-0.39, 0.29) is 5.91 Å². The number of amides is 1. The Morgan fingerprint density at radius 1 is 0.645 bits per heavy atom. The van der Waals surface area contributed by atoms with Crippen LogP contribution in [0.3, 0.4) is 0 Å². The fraction of sp³-hybridized carbons (Fsp3) is 0.0385. The number of carbonyl (C=O) groups is 1. The lowest BCUT2D eigenvalue weighted by molar-refractivity contribution is 0.102. The molecule has 0 aliphatic rings. The van der Waals surface area contributed by atoms with Gasteiger partial charge in [-0.25, -0.2) is 5.43 Å². The Hall–Kier alpha value is -4.09. The van der Waals surface area contributed by atoms with Crippen molar-refractivity contribution in [2.45, 2.75) is 6.54 Å². The Morgan fingerprint density at radius 2 is 1.26 bits per heavy atom. The summed E-state index contributed by atoms with van der Waals surface area (Å²) in [5.41, 5.74) is 11.4. The molecule has 0 aliphatic carbocycles. The highest BCUT2D eigenvalue weighted by atomic mass is 16.1. The quantitative estimate of drug-likeness (QED) is 0.278. The minimum Gasteiger partial charge on any atom is -0.354 e. The molecule has 0 heterocycles. The number of rotatable bonds is 8. The van der Waals surface area contributed by atoms with Gasteiger partial charge in [-0.2, -0.15) is 0 Å². The van der Waals surface area contributed by atoms with E-state index >= 15 is 0 Å². The number of hydrazine groups is 1. The average molecular weight is 409 g/mol. The Balaban J connectivity index is 1.58. The SMILES string of the molecule is O=C(Nc1c(NNCc2ccccc2)cccc1Nc1ccccc1)c1ccccc1. The van der Waals surface area contributed by atoms with E-state index in [1.807, 2.05) is 84.9 Å². The average Bonchev–Trinajstić information content (AvgIpc) is 2.83. The molecule has 4 N–H and O–H groups in total. The molecule has 5 nitrogen and oxygen atoms in total. The highest BCUT2D eigenvalue weighted by molar-refractivity contribution is 6.08. The number of hydrogen-bond donors (Lipinski definition) is 4. The van der Waals surface area contributed by atoms with Gasteiger partial charge >= 0.3 is 0 Å². The molecule has 0 saturated heterocycles. The first-order valence-electron chi connectivity index (χ1n) is 10.1. The molecular formula is C26H24N4O. The molecular weight excluding hydrogens is 384 g/mol. The fourth-order valence-corrected chi connectivity index (χ4v) is 3.18. The maximum absolute atomic E-state index is 12.9. The summed E-state index contributed by atoms with van der Waals surface area (Å²) in [5.74, 6) is -0.172. The van der Waals surface area contributed by atoms with Crippen LogP contribution in [0.15, 0.2) is 109 Å². The predicted molar refractivity (Wildman–Crippen MR) is 127 cm³/mol. The van der Waals surface area contributed by atoms with Crippen LogP contribution in [-0.4, -0.2) is 5.91 Å². The standard InChI is InChI=1S/C26H24N4O/c31-26(21-13-6-2-7-14-21)29-25-23(28-22-15-8-3-9-16-22)17-10-18-24(25)30-27-19-20-11-4-1-5-12-20/h1-18,27-28,30H,19H2,(H,29,31). The van der Waals surface area contributed by atoms with Crippen LogP contribution in [0.4, 0.5) is 22.7 Å². The zero-order chi connectivity index (χ0) is 21.3. The van der Waals surface area contributed by atoms with Crippen molar-refractivity contribution in [1.82, 2.24) is 5.43 Å². The van der Waals surface area contributed by atoms with Gasteiger partial charge in [0.15, 0.2) is 0 Å². The fourth-order valence-electron chi connectivity index (χ4n) is 3.18. The molecule has 0 bridgehead atoms. The summed E-state index contributed by atoms with van der Waals surface area (Å²) in [6, 6.07) is 35.0. The van der Waals surface area contributed by atoms with Crippen molar-refractivity contribution < 1.29 is 4.79 Å². The number of anilines is 4. The van der Waals surface area contributed by atoms with E-state index in [9.17, 15) is 4.79 Å². The van der Waals surface area contributed by atoms with Crippen molar-refractivity contribution in [2.75, 3.05) is 16.1 Å². The zero-order valence-corrected chi connectivity index (χ0v) is 17.0. The number of hydrogen-bond acceptors (Lipinski definition) is 4. The van der Waals surface area contributed by atoms with Gasteiger partial charge < -0.3 is 16.1 Å². The second-order valence-electron chi connectivity index (χ2n) is 7.00. The second kappa shape index (κ2) is 10.1. The van der Waals surface area contributed by atoms with Crippen molar-refractivity contribution in [3.8, 4) is 0 Å². The smallest absolute Gasteiger partial charge is 0.255 e. The molecule has 0 atom stereocenters. The molecule has 0 spiro atoms. The largest absolute Gasteiger partial charge is 0.354 e. The zero-order valence-electron chi connectivity index (χ0n) is 17.0. The summed E-state index contributed by atoms with van der Waals surface area (Å²) >= 11 is 0. The third-order valence-corrected chi connectivity index (χ3v) is 4.75. The minimum atomic E-state index is -0.172. The highest BCUT2D eigenvalue weighted by Gasteiger charge is 2.13. The molecule has 0 radical (unpaired) electrons. The Bertz CT molecular complexity index is 1120. The number of carbonyl (C=O) groups excluding carboxylic acids is 1. The van der Waals surface area contributed by atoms with Crippen LogP contribution in [0.5, 0.6) is 0 Å². The summed E-state index contributed by atoms with van der Waals surface area (Å²) in [6.07, 6.45) is 0. The monoisotopic (exact) mass is 408 g/mol. The van der Waals surface area contributed by atoms with Crippen LogP contribution in [0.2, 0.25) is 0 Å². The van der Waals surface area contributed by atoms with Gasteiger partial charge in [0.1, 0.15) is 0 Å². The van der Waals surface area contributed by atoms with E-state index in [1.165, 1.54) is 0 Å². The molecule has 1 amide bonds. The molecule has 154 valence electrons. The molecule has 5 heteroatoms. The second-order valence-corrected chi connectivity index (χ2v) is 7.00. The first kappa shape index (κ1) is 20.2. The number of benzene rings is 4. The van der Waals surface area contributed by atoms with Crippen LogP contribution in [-0.2, 0) is 6.54 Å². The van der Waals surface area contributed by atoms with E-state index in [0.29, 0.717) is 17.8 Å². The minimum absolute atomic E-state index is 0.172. The molecule has 4 rings (SSSR count). The maximum Gasteiger partial charge on any atom is 0.255 e. The van der Waals surface area contributed by atoms with Crippen LogP contribution < -0.4 is 21.5 Å². The van der Waals surface area contributed by atoms with Crippen LogP contribution in [0, 0.1) is 0 Å². The molecule has 0 saturated carbocycles. The topological polar surface area (TPSA) is 65.2 Å². The van der Waals surface area contributed by atoms with Gasteiger partial charge in [-0.05, 0) is 42.0 Å². The lowest BCUT2D eigenvalue weighted by atomic mass is 10.1. The normalized spacial score (nSPS) is 10.3. The third kappa shape index (κ3) is 5.50. The first-order chi connectivity index (χ1) is 15.3. The summed E-state index contributed by atoms with van der Waals surface area (Å²) < 4.78 is 0. The third-order valence-electron chi connectivity index (χ3n) is 4.75. The number of nitrogens with one attached hydrogen (secondary N) is 4.